The molecule has 3 aromatic carbocycles. The van der Waals surface area contributed by atoms with E-state index in [1.165, 1.54) is 0 Å². The van der Waals surface area contributed by atoms with Gasteiger partial charge in [0.2, 0.25) is 0 Å². The summed E-state index contributed by atoms with van der Waals surface area (Å²) in [6.45, 7) is 5.96. The fraction of sp³-hybridized carbons (Fsp3) is 0.167. The molecular weight excluding hydrogens is 444 g/mol. The molecule has 0 saturated carbocycles. The Morgan fingerprint density at radius 1 is 0.767 bits per heavy atom. The lowest BCUT2D eigenvalue weighted by Gasteiger charge is -2.14. The number of carbonyl (C=O) groups is 2. The van der Waals surface area contributed by atoms with Crippen LogP contribution in [0.1, 0.15) is 37.4 Å². The van der Waals surface area contributed by atoms with Gasteiger partial charge in [0.05, 0.1) is 7.11 Å². The van der Waals surface area contributed by atoms with E-state index in [4.69, 9.17) is 4.74 Å². The van der Waals surface area contributed by atoms with Gasteiger partial charge >= 0.3 is 0 Å². The number of benzene rings is 3. The van der Waals surface area contributed by atoms with Gasteiger partial charge in [-0.15, -0.1) is 0 Å². The molecule has 30 heavy (non-hydrogen) atoms. The summed E-state index contributed by atoms with van der Waals surface area (Å²) < 4.78 is 6.02. The van der Waals surface area contributed by atoms with Gasteiger partial charge in [-0.1, -0.05) is 15.9 Å². The highest BCUT2D eigenvalue weighted by Crippen LogP contribution is 2.26. The van der Waals surface area contributed by atoms with Crippen molar-refractivity contribution in [3.05, 3.63) is 86.9 Å². The van der Waals surface area contributed by atoms with Gasteiger partial charge in [0.1, 0.15) is 5.75 Å². The largest absolute Gasteiger partial charge is 0.497 e. The van der Waals surface area contributed by atoms with E-state index >= 15 is 0 Å². The van der Waals surface area contributed by atoms with Crippen LogP contribution in [0.3, 0.4) is 0 Å². The van der Waals surface area contributed by atoms with Crippen LogP contribution in [0.2, 0.25) is 0 Å². The van der Waals surface area contributed by atoms with Crippen LogP contribution >= 0.6 is 15.9 Å². The van der Waals surface area contributed by atoms with E-state index in [1.807, 2.05) is 26.8 Å². The summed E-state index contributed by atoms with van der Waals surface area (Å²) in [5, 5.41) is 5.73. The van der Waals surface area contributed by atoms with Crippen molar-refractivity contribution in [1.29, 1.82) is 0 Å². The number of anilines is 2. The molecule has 0 atom stereocenters. The zero-order valence-corrected chi connectivity index (χ0v) is 18.9. The molecule has 3 aromatic rings. The predicted octanol–water partition coefficient (Wildman–Crippen LogP) is 5.89. The summed E-state index contributed by atoms with van der Waals surface area (Å²) in [6.07, 6.45) is 0. The topological polar surface area (TPSA) is 67.4 Å². The summed E-state index contributed by atoms with van der Waals surface area (Å²) >= 11 is 3.51. The molecule has 154 valence electrons. The van der Waals surface area contributed by atoms with Crippen molar-refractivity contribution in [3.8, 4) is 5.75 Å². The molecule has 2 amide bonds. The first-order chi connectivity index (χ1) is 14.3. The van der Waals surface area contributed by atoms with E-state index < -0.39 is 0 Å². The van der Waals surface area contributed by atoms with E-state index in [2.05, 4.69) is 26.6 Å². The first-order valence-electron chi connectivity index (χ1n) is 9.43. The van der Waals surface area contributed by atoms with Crippen molar-refractivity contribution in [2.75, 3.05) is 17.7 Å². The molecule has 2 N–H and O–H groups in total. The molecule has 0 bridgehead atoms. The number of amides is 2. The van der Waals surface area contributed by atoms with Crippen LogP contribution in [0.5, 0.6) is 5.75 Å². The van der Waals surface area contributed by atoms with Crippen LogP contribution in [0.4, 0.5) is 11.4 Å². The predicted molar refractivity (Wildman–Crippen MR) is 124 cm³/mol. The molecule has 0 aliphatic rings. The van der Waals surface area contributed by atoms with Gasteiger partial charge in [-0.05, 0) is 92.1 Å². The highest BCUT2D eigenvalue weighted by molar-refractivity contribution is 9.10. The van der Waals surface area contributed by atoms with Gasteiger partial charge in [-0.25, -0.2) is 0 Å². The molecule has 0 radical (unpaired) electrons. The Hall–Kier alpha value is -3.12. The quantitative estimate of drug-likeness (QED) is 0.492. The Balaban J connectivity index is 1.69. The average Bonchev–Trinajstić information content (AvgIpc) is 2.75. The molecule has 0 fully saturated rings. The SMILES string of the molecule is COc1ccc(NC(=O)c2ccc(NC(=O)c3cc(Br)c(C)c(C)c3C)cc2)cc1. The van der Waals surface area contributed by atoms with Crippen molar-refractivity contribution in [2.24, 2.45) is 0 Å². The maximum atomic E-state index is 12.7. The lowest BCUT2D eigenvalue weighted by atomic mass is 9.98. The number of carbonyl (C=O) groups excluding carboxylic acids is 2. The van der Waals surface area contributed by atoms with E-state index in [0.717, 1.165) is 26.9 Å². The molecule has 0 heterocycles. The summed E-state index contributed by atoms with van der Waals surface area (Å²) in [5.41, 5.74) is 5.56. The number of halogens is 1. The lowest BCUT2D eigenvalue weighted by Crippen LogP contribution is -2.15. The molecular formula is C24H23BrN2O3. The van der Waals surface area contributed by atoms with Crippen molar-refractivity contribution in [2.45, 2.75) is 20.8 Å². The highest BCUT2D eigenvalue weighted by atomic mass is 79.9. The van der Waals surface area contributed by atoms with Crippen LogP contribution in [-0.4, -0.2) is 18.9 Å². The lowest BCUT2D eigenvalue weighted by molar-refractivity contribution is 0.101. The Morgan fingerprint density at radius 3 is 1.87 bits per heavy atom. The molecule has 0 aromatic heterocycles. The number of hydrogen-bond donors (Lipinski definition) is 2. The van der Waals surface area contributed by atoms with Gasteiger partial charge in [0.15, 0.2) is 0 Å². The van der Waals surface area contributed by atoms with Crippen molar-refractivity contribution < 1.29 is 14.3 Å². The van der Waals surface area contributed by atoms with Gasteiger partial charge in [0, 0.05) is 27.0 Å². The molecule has 5 nitrogen and oxygen atoms in total. The van der Waals surface area contributed by atoms with Gasteiger partial charge in [-0.3, -0.25) is 9.59 Å². The third-order valence-electron chi connectivity index (χ3n) is 5.16. The first kappa shape index (κ1) is 21.6. The van der Waals surface area contributed by atoms with Crippen LogP contribution in [0, 0.1) is 20.8 Å². The molecule has 0 unspecified atom stereocenters. The number of nitrogens with one attached hydrogen (secondary N) is 2. The Bertz CT molecular complexity index is 1090. The van der Waals surface area contributed by atoms with E-state index in [-0.39, 0.29) is 11.8 Å². The van der Waals surface area contributed by atoms with Gasteiger partial charge in [-0.2, -0.15) is 0 Å². The highest BCUT2D eigenvalue weighted by Gasteiger charge is 2.15. The number of rotatable bonds is 5. The molecule has 0 saturated heterocycles. The molecule has 0 spiro atoms. The maximum absolute atomic E-state index is 12.7. The fourth-order valence-electron chi connectivity index (χ4n) is 3.02. The standard InChI is InChI=1S/C24H23BrN2O3/c1-14-15(2)21(13-22(25)16(14)3)24(29)27-18-7-5-17(6-8-18)23(28)26-19-9-11-20(30-4)12-10-19/h5-13H,1-4H3,(H,26,28)(H,27,29). The van der Waals surface area contributed by atoms with Crippen LogP contribution < -0.4 is 15.4 Å². The summed E-state index contributed by atoms with van der Waals surface area (Å²) in [4.78, 5) is 25.2. The number of methoxy groups -OCH3 is 1. The van der Waals surface area contributed by atoms with Gasteiger partial charge < -0.3 is 15.4 Å². The monoisotopic (exact) mass is 466 g/mol. The minimum atomic E-state index is -0.230. The summed E-state index contributed by atoms with van der Waals surface area (Å²) in [7, 11) is 1.59. The van der Waals surface area contributed by atoms with E-state index in [1.54, 1.807) is 55.6 Å². The van der Waals surface area contributed by atoms with Crippen LogP contribution in [0.25, 0.3) is 0 Å². The van der Waals surface area contributed by atoms with Crippen LogP contribution in [0.15, 0.2) is 59.1 Å². The summed E-state index contributed by atoms with van der Waals surface area (Å²) in [5.74, 6) is 0.304. The average molecular weight is 467 g/mol. The molecule has 0 aliphatic heterocycles. The Kier molecular flexibility index (Phi) is 6.57. The minimum Gasteiger partial charge on any atom is -0.497 e. The maximum Gasteiger partial charge on any atom is 0.255 e. The second-order valence-electron chi connectivity index (χ2n) is 7.00. The Labute approximate surface area is 184 Å². The first-order valence-corrected chi connectivity index (χ1v) is 10.2. The number of hydrogen-bond acceptors (Lipinski definition) is 3. The molecule has 0 aliphatic carbocycles. The summed E-state index contributed by atoms with van der Waals surface area (Å²) in [6, 6.07) is 15.7. The van der Waals surface area contributed by atoms with Crippen molar-refractivity contribution in [1.82, 2.24) is 0 Å². The van der Waals surface area contributed by atoms with Gasteiger partial charge in [0.25, 0.3) is 11.8 Å². The normalized spacial score (nSPS) is 10.4. The van der Waals surface area contributed by atoms with Crippen LogP contribution in [-0.2, 0) is 0 Å². The second kappa shape index (κ2) is 9.13. The molecule has 3 rings (SSSR count). The smallest absolute Gasteiger partial charge is 0.255 e. The zero-order chi connectivity index (χ0) is 21.8. The van der Waals surface area contributed by atoms with Crippen molar-refractivity contribution >= 4 is 39.1 Å². The minimum absolute atomic E-state index is 0.188. The van der Waals surface area contributed by atoms with E-state index in [0.29, 0.717) is 22.5 Å². The third kappa shape index (κ3) is 4.71. The zero-order valence-electron chi connectivity index (χ0n) is 17.3. The third-order valence-corrected chi connectivity index (χ3v) is 5.98. The number of ether oxygens (including phenoxy) is 1. The van der Waals surface area contributed by atoms with E-state index in [9.17, 15) is 9.59 Å². The fourth-order valence-corrected chi connectivity index (χ4v) is 3.55. The Morgan fingerprint density at radius 2 is 1.30 bits per heavy atom. The second-order valence-corrected chi connectivity index (χ2v) is 7.85. The van der Waals surface area contributed by atoms with Crippen molar-refractivity contribution in [3.63, 3.8) is 0 Å². The molecule has 6 heteroatoms.